The quantitative estimate of drug-likeness (QED) is 0.555. The molecule has 12 heavy (non-hydrogen) atoms. The first kappa shape index (κ1) is 10.2. The Morgan fingerprint density at radius 2 is 1.92 bits per heavy atom. The van der Waals surface area contributed by atoms with Crippen molar-refractivity contribution in [3.05, 3.63) is 11.6 Å². The number of thioether (sulfide) groups is 1. The normalized spacial score (nSPS) is 26.6. The van der Waals surface area contributed by atoms with Crippen LogP contribution in [-0.4, -0.2) is 9.49 Å². The second-order valence-electron chi connectivity index (χ2n) is 4.80. The first-order valence-corrected chi connectivity index (χ1v) is 5.57. The van der Waals surface area contributed by atoms with Crippen LogP contribution in [0.2, 0.25) is 0 Å². The molecule has 1 heteroatoms. The molecular weight excluding hydrogens is 164 g/mol. The third-order valence-electron chi connectivity index (χ3n) is 2.20. The Morgan fingerprint density at radius 1 is 1.33 bits per heavy atom. The molecule has 0 bridgehead atoms. The molecule has 1 aliphatic rings. The molecule has 70 valence electrons. The fraction of sp³-hybridized carbons (Fsp3) is 0.818. The predicted molar refractivity (Wildman–Crippen MR) is 58.7 cm³/mol. The molecule has 0 spiro atoms. The SMILES string of the molecule is CCC1=CC(C)(C)SC(C)(C)C1. The van der Waals surface area contributed by atoms with Crippen LogP contribution in [0.5, 0.6) is 0 Å². The van der Waals surface area contributed by atoms with Gasteiger partial charge in [0.2, 0.25) is 0 Å². The molecule has 0 aromatic rings. The number of allylic oxidation sites excluding steroid dienone is 1. The third kappa shape index (κ3) is 2.55. The van der Waals surface area contributed by atoms with E-state index in [2.05, 4.69) is 52.5 Å². The zero-order valence-electron chi connectivity index (χ0n) is 8.90. The number of hydrogen-bond donors (Lipinski definition) is 0. The van der Waals surface area contributed by atoms with Gasteiger partial charge >= 0.3 is 0 Å². The first-order valence-electron chi connectivity index (χ1n) is 4.75. The maximum absolute atomic E-state index is 2.45. The average Bonchev–Trinajstić information content (AvgIpc) is 1.80. The van der Waals surface area contributed by atoms with E-state index in [-0.39, 0.29) is 0 Å². The molecule has 0 fully saturated rings. The predicted octanol–water partition coefficient (Wildman–Crippen LogP) is 4.02. The Hall–Kier alpha value is 0.0900. The van der Waals surface area contributed by atoms with Crippen molar-refractivity contribution in [2.24, 2.45) is 0 Å². The second kappa shape index (κ2) is 3.10. The van der Waals surface area contributed by atoms with E-state index in [1.165, 1.54) is 12.8 Å². The number of hydrogen-bond acceptors (Lipinski definition) is 1. The van der Waals surface area contributed by atoms with E-state index >= 15 is 0 Å². The van der Waals surface area contributed by atoms with Crippen molar-refractivity contribution < 1.29 is 0 Å². The van der Waals surface area contributed by atoms with Gasteiger partial charge in [-0.3, -0.25) is 0 Å². The van der Waals surface area contributed by atoms with Gasteiger partial charge in [-0.1, -0.05) is 32.4 Å². The van der Waals surface area contributed by atoms with Crippen LogP contribution >= 0.6 is 11.8 Å². The third-order valence-corrected chi connectivity index (χ3v) is 3.54. The molecule has 1 aliphatic heterocycles. The van der Waals surface area contributed by atoms with Crippen molar-refractivity contribution in [2.75, 3.05) is 0 Å². The minimum absolute atomic E-state index is 0.340. The Kier molecular flexibility index (Phi) is 2.63. The lowest BCUT2D eigenvalue weighted by Crippen LogP contribution is -2.29. The highest BCUT2D eigenvalue weighted by atomic mass is 32.2. The molecule has 0 saturated carbocycles. The van der Waals surface area contributed by atoms with E-state index in [9.17, 15) is 0 Å². The minimum Gasteiger partial charge on any atom is -0.145 e. The van der Waals surface area contributed by atoms with E-state index in [1.54, 1.807) is 5.57 Å². The van der Waals surface area contributed by atoms with Gasteiger partial charge in [-0.25, -0.2) is 0 Å². The van der Waals surface area contributed by atoms with Gasteiger partial charge in [0.25, 0.3) is 0 Å². The van der Waals surface area contributed by atoms with Crippen LogP contribution in [0.15, 0.2) is 11.6 Å². The molecule has 0 radical (unpaired) electrons. The summed E-state index contributed by atoms with van der Waals surface area (Å²) in [6, 6.07) is 0. The summed E-state index contributed by atoms with van der Waals surface area (Å²) in [7, 11) is 0. The smallest absolute Gasteiger partial charge is 0.0290 e. The van der Waals surface area contributed by atoms with Gasteiger partial charge in [-0.2, -0.15) is 0 Å². The molecule has 0 aromatic heterocycles. The van der Waals surface area contributed by atoms with E-state index < -0.39 is 0 Å². The van der Waals surface area contributed by atoms with Gasteiger partial charge in [-0.05, 0) is 26.7 Å². The molecule has 0 amide bonds. The van der Waals surface area contributed by atoms with E-state index in [0.717, 1.165) is 0 Å². The summed E-state index contributed by atoms with van der Waals surface area (Å²) in [5, 5.41) is 0. The summed E-state index contributed by atoms with van der Waals surface area (Å²) in [5.74, 6) is 0. The standard InChI is InChI=1S/C11H20S/c1-6-9-7-10(2,3)12-11(4,5)8-9/h7H,6,8H2,1-5H3. The largest absolute Gasteiger partial charge is 0.145 e. The zero-order valence-corrected chi connectivity index (χ0v) is 9.72. The molecule has 0 atom stereocenters. The van der Waals surface area contributed by atoms with Crippen molar-refractivity contribution >= 4 is 11.8 Å². The van der Waals surface area contributed by atoms with Crippen molar-refractivity contribution in [3.63, 3.8) is 0 Å². The van der Waals surface area contributed by atoms with Crippen molar-refractivity contribution in [1.29, 1.82) is 0 Å². The second-order valence-corrected chi connectivity index (χ2v) is 7.16. The van der Waals surface area contributed by atoms with Crippen LogP contribution in [-0.2, 0) is 0 Å². The Morgan fingerprint density at radius 3 is 2.33 bits per heavy atom. The molecule has 1 heterocycles. The first-order chi connectivity index (χ1) is 5.35. The summed E-state index contributed by atoms with van der Waals surface area (Å²) in [6.45, 7) is 11.6. The Balaban J connectivity index is 2.86. The van der Waals surface area contributed by atoms with Crippen LogP contribution in [0, 0.1) is 0 Å². The van der Waals surface area contributed by atoms with Crippen LogP contribution in [0.3, 0.4) is 0 Å². The molecule has 0 aliphatic carbocycles. The fourth-order valence-electron chi connectivity index (χ4n) is 2.09. The highest BCUT2D eigenvalue weighted by molar-refractivity contribution is 8.02. The summed E-state index contributed by atoms with van der Waals surface area (Å²) in [4.78, 5) is 0. The Labute approximate surface area is 80.8 Å². The summed E-state index contributed by atoms with van der Waals surface area (Å²) in [6.07, 6.45) is 4.92. The summed E-state index contributed by atoms with van der Waals surface area (Å²) >= 11 is 2.09. The van der Waals surface area contributed by atoms with E-state index in [0.29, 0.717) is 9.49 Å². The lowest BCUT2D eigenvalue weighted by atomic mass is 9.95. The van der Waals surface area contributed by atoms with Gasteiger partial charge < -0.3 is 0 Å². The summed E-state index contributed by atoms with van der Waals surface area (Å²) in [5.41, 5.74) is 1.63. The van der Waals surface area contributed by atoms with Gasteiger partial charge in [0.1, 0.15) is 0 Å². The topological polar surface area (TPSA) is 0 Å². The molecule has 0 unspecified atom stereocenters. The van der Waals surface area contributed by atoms with Crippen molar-refractivity contribution in [2.45, 2.75) is 57.0 Å². The van der Waals surface area contributed by atoms with Crippen LogP contribution in [0.25, 0.3) is 0 Å². The maximum atomic E-state index is 2.45. The van der Waals surface area contributed by atoms with Gasteiger partial charge in [0.15, 0.2) is 0 Å². The molecule has 0 N–H and O–H groups in total. The maximum Gasteiger partial charge on any atom is 0.0290 e. The van der Waals surface area contributed by atoms with Gasteiger partial charge in [0, 0.05) is 9.49 Å². The minimum atomic E-state index is 0.340. The van der Waals surface area contributed by atoms with E-state index in [4.69, 9.17) is 0 Å². The highest BCUT2D eigenvalue weighted by Gasteiger charge is 2.32. The molecule has 0 nitrogen and oxygen atoms in total. The fourth-order valence-corrected chi connectivity index (χ4v) is 4.00. The average molecular weight is 184 g/mol. The zero-order chi connectivity index (χ0) is 9.41. The molecule has 1 rings (SSSR count). The Bertz CT molecular complexity index is 199. The summed E-state index contributed by atoms with van der Waals surface area (Å²) < 4.78 is 0.774. The van der Waals surface area contributed by atoms with Crippen molar-refractivity contribution in [3.8, 4) is 0 Å². The van der Waals surface area contributed by atoms with E-state index in [1.807, 2.05) is 0 Å². The molecule has 0 aromatic carbocycles. The van der Waals surface area contributed by atoms with Gasteiger partial charge in [-0.15, -0.1) is 11.8 Å². The number of rotatable bonds is 1. The molecule has 0 saturated heterocycles. The molecular formula is C11H20S. The lowest BCUT2D eigenvalue weighted by Gasteiger charge is -2.38. The highest BCUT2D eigenvalue weighted by Crippen LogP contribution is 2.46. The monoisotopic (exact) mass is 184 g/mol. The van der Waals surface area contributed by atoms with Gasteiger partial charge in [0.05, 0.1) is 0 Å². The van der Waals surface area contributed by atoms with Crippen LogP contribution < -0.4 is 0 Å². The van der Waals surface area contributed by atoms with Crippen LogP contribution in [0.4, 0.5) is 0 Å². The van der Waals surface area contributed by atoms with Crippen molar-refractivity contribution in [1.82, 2.24) is 0 Å². The van der Waals surface area contributed by atoms with Crippen LogP contribution in [0.1, 0.15) is 47.5 Å². The lowest BCUT2D eigenvalue weighted by molar-refractivity contribution is 0.646.